The summed E-state index contributed by atoms with van der Waals surface area (Å²) in [7, 11) is 3.18. The normalized spacial score (nSPS) is 10.6. The molecule has 0 amide bonds. The standard InChI is InChI=1S/C14H19F2N3O/c1-19(10-14(15)16)13-4-3-11(7-12(13)8-17)9-18-5-6-20-2/h3-4,7,14,18H,5-6,9-10H2,1-2H3. The third kappa shape index (κ3) is 5.11. The molecule has 0 unspecified atom stereocenters. The molecule has 0 saturated heterocycles. The average molecular weight is 283 g/mol. The summed E-state index contributed by atoms with van der Waals surface area (Å²) in [5.41, 5.74) is 1.86. The maximum Gasteiger partial charge on any atom is 0.255 e. The van der Waals surface area contributed by atoms with Gasteiger partial charge in [-0.3, -0.25) is 0 Å². The van der Waals surface area contributed by atoms with Gasteiger partial charge in [0.2, 0.25) is 0 Å². The maximum atomic E-state index is 12.4. The fourth-order valence-electron chi connectivity index (χ4n) is 1.83. The summed E-state index contributed by atoms with van der Waals surface area (Å²) < 4.78 is 29.7. The van der Waals surface area contributed by atoms with Crippen LogP contribution in [0.1, 0.15) is 11.1 Å². The number of hydrogen-bond acceptors (Lipinski definition) is 4. The van der Waals surface area contributed by atoms with Crippen LogP contribution in [0.4, 0.5) is 14.5 Å². The maximum absolute atomic E-state index is 12.4. The van der Waals surface area contributed by atoms with E-state index in [0.29, 0.717) is 30.9 Å². The van der Waals surface area contributed by atoms with Crippen LogP contribution in [0.5, 0.6) is 0 Å². The number of rotatable bonds is 8. The number of ether oxygens (including phenoxy) is 1. The van der Waals surface area contributed by atoms with E-state index in [2.05, 4.69) is 11.4 Å². The van der Waals surface area contributed by atoms with Crippen molar-refractivity contribution >= 4 is 5.69 Å². The molecule has 0 aliphatic rings. The number of hydrogen-bond donors (Lipinski definition) is 1. The topological polar surface area (TPSA) is 48.3 Å². The molecule has 1 aromatic rings. The smallest absolute Gasteiger partial charge is 0.255 e. The summed E-state index contributed by atoms with van der Waals surface area (Å²) in [5.74, 6) is 0. The van der Waals surface area contributed by atoms with E-state index >= 15 is 0 Å². The van der Waals surface area contributed by atoms with E-state index in [0.717, 1.165) is 5.56 Å². The van der Waals surface area contributed by atoms with Crippen molar-refractivity contribution in [1.29, 1.82) is 5.26 Å². The highest BCUT2D eigenvalue weighted by molar-refractivity contribution is 5.60. The Labute approximate surface area is 117 Å². The van der Waals surface area contributed by atoms with Gasteiger partial charge >= 0.3 is 0 Å². The molecular formula is C14H19F2N3O. The summed E-state index contributed by atoms with van der Waals surface area (Å²) in [6, 6.07) is 7.31. The molecule has 0 aromatic heterocycles. The van der Waals surface area contributed by atoms with Gasteiger partial charge in [-0.15, -0.1) is 0 Å². The van der Waals surface area contributed by atoms with Crippen LogP contribution in [0, 0.1) is 11.3 Å². The lowest BCUT2D eigenvalue weighted by molar-refractivity contribution is 0.156. The number of anilines is 1. The van der Waals surface area contributed by atoms with Crippen molar-refractivity contribution in [3.8, 4) is 6.07 Å². The van der Waals surface area contributed by atoms with E-state index in [9.17, 15) is 8.78 Å². The monoisotopic (exact) mass is 283 g/mol. The van der Waals surface area contributed by atoms with Crippen molar-refractivity contribution in [2.45, 2.75) is 13.0 Å². The van der Waals surface area contributed by atoms with Crippen LogP contribution in [-0.2, 0) is 11.3 Å². The Morgan fingerprint density at radius 3 is 2.80 bits per heavy atom. The van der Waals surface area contributed by atoms with E-state index in [1.807, 2.05) is 6.07 Å². The fourth-order valence-corrected chi connectivity index (χ4v) is 1.83. The van der Waals surface area contributed by atoms with Crippen LogP contribution in [0.2, 0.25) is 0 Å². The number of nitriles is 1. The number of alkyl halides is 2. The molecule has 0 radical (unpaired) electrons. The molecule has 0 saturated carbocycles. The lowest BCUT2D eigenvalue weighted by Gasteiger charge is -2.20. The molecule has 1 N–H and O–H groups in total. The third-order valence-electron chi connectivity index (χ3n) is 2.82. The predicted molar refractivity (Wildman–Crippen MR) is 74.0 cm³/mol. The van der Waals surface area contributed by atoms with E-state index in [1.54, 1.807) is 26.3 Å². The lowest BCUT2D eigenvalue weighted by Crippen LogP contribution is -2.25. The Bertz CT molecular complexity index is 460. The minimum atomic E-state index is -2.43. The molecule has 20 heavy (non-hydrogen) atoms. The number of methoxy groups -OCH3 is 1. The summed E-state index contributed by atoms with van der Waals surface area (Å²) in [6.07, 6.45) is -2.43. The van der Waals surface area contributed by atoms with Gasteiger partial charge < -0.3 is 15.0 Å². The molecule has 0 fully saturated rings. The fraction of sp³-hybridized carbons (Fsp3) is 0.500. The van der Waals surface area contributed by atoms with Crippen LogP contribution >= 0.6 is 0 Å². The number of benzene rings is 1. The predicted octanol–water partition coefficient (Wildman–Crippen LogP) is 2.00. The number of nitrogens with one attached hydrogen (secondary N) is 1. The van der Waals surface area contributed by atoms with Gasteiger partial charge in [-0.05, 0) is 17.7 Å². The Morgan fingerprint density at radius 2 is 2.20 bits per heavy atom. The first kappa shape index (κ1) is 16.3. The lowest BCUT2D eigenvalue weighted by atomic mass is 10.1. The second-order valence-corrected chi connectivity index (χ2v) is 4.40. The second-order valence-electron chi connectivity index (χ2n) is 4.40. The number of halogens is 2. The molecule has 4 nitrogen and oxygen atoms in total. The van der Waals surface area contributed by atoms with Crippen LogP contribution < -0.4 is 10.2 Å². The largest absolute Gasteiger partial charge is 0.383 e. The Hall–Kier alpha value is -1.71. The zero-order valence-corrected chi connectivity index (χ0v) is 11.7. The van der Waals surface area contributed by atoms with Gasteiger partial charge in [0.05, 0.1) is 24.4 Å². The van der Waals surface area contributed by atoms with Crippen molar-refractivity contribution in [2.24, 2.45) is 0 Å². The molecule has 0 bridgehead atoms. The molecule has 1 aromatic carbocycles. The minimum Gasteiger partial charge on any atom is -0.383 e. The van der Waals surface area contributed by atoms with Gasteiger partial charge in [-0.25, -0.2) is 8.78 Å². The van der Waals surface area contributed by atoms with Crippen LogP contribution in [0.3, 0.4) is 0 Å². The first-order chi connectivity index (χ1) is 9.58. The first-order valence-corrected chi connectivity index (χ1v) is 6.30. The SMILES string of the molecule is COCCNCc1ccc(N(C)CC(F)F)c(C#N)c1. The summed E-state index contributed by atoms with van der Waals surface area (Å²) >= 11 is 0. The van der Waals surface area contributed by atoms with E-state index in [4.69, 9.17) is 10.00 Å². The third-order valence-corrected chi connectivity index (χ3v) is 2.82. The van der Waals surface area contributed by atoms with Crippen molar-refractivity contribution in [2.75, 3.05) is 38.8 Å². The number of nitrogens with zero attached hydrogens (tertiary/aromatic N) is 2. The highest BCUT2D eigenvalue weighted by Crippen LogP contribution is 2.21. The molecule has 0 aliphatic carbocycles. The average Bonchev–Trinajstić information content (AvgIpc) is 2.42. The van der Waals surface area contributed by atoms with Crippen LogP contribution in [0.15, 0.2) is 18.2 Å². The Morgan fingerprint density at radius 1 is 1.45 bits per heavy atom. The summed E-state index contributed by atoms with van der Waals surface area (Å²) in [4.78, 5) is 1.39. The minimum absolute atomic E-state index is 0.389. The molecule has 0 aliphatic heterocycles. The van der Waals surface area contributed by atoms with Crippen LogP contribution in [0.25, 0.3) is 0 Å². The highest BCUT2D eigenvalue weighted by atomic mass is 19.3. The molecule has 0 atom stereocenters. The van der Waals surface area contributed by atoms with E-state index < -0.39 is 6.43 Å². The van der Waals surface area contributed by atoms with Crippen LogP contribution in [-0.4, -0.2) is 40.3 Å². The molecular weight excluding hydrogens is 264 g/mol. The second kappa shape index (κ2) is 8.46. The zero-order valence-electron chi connectivity index (χ0n) is 11.7. The van der Waals surface area contributed by atoms with Gasteiger partial charge in [0.15, 0.2) is 0 Å². The Kier molecular flexibility index (Phi) is 6.91. The van der Waals surface area contributed by atoms with Gasteiger partial charge in [-0.1, -0.05) is 6.07 Å². The van der Waals surface area contributed by atoms with Crippen molar-refractivity contribution in [1.82, 2.24) is 5.32 Å². The molecule has 0 spiro atoms. The first-order valence-electron chi connectivity index (χ1n) is 6.30. The molecule has 1 rings (SSSR count). The zero-order chi connectivity index (χ0) is 15.0. The van der Waals surface area contributed by atoms with Gasteiger partial charge in [0.25, 0.3) is 6.43 Å². The van der Waals surface area contributed by atoms with Crippen molar-refractivity contribution < 1.29 is 13.5 Å². The quantitative estimate of drug-likeness (QED) is 0.741. The highest BCUT2D eigenvalue weighted by Gasteiger charge is 2.12. The van der Waals surface area contributed by atoms with E-state index in [-0.39, 0.29) is 6.54 Å². The van der Waals surface area contributed by atoms with Gasteiger partial charge in [0.1, 0.15) is 6.07 Å². The van der Waals surface area contributed by atoms with Gasteiger partial charge in [-0.2, -0.15) is 5.26 Å². The molecule has 0 heterocycles. The van der Waals surface area contributed by atoms with E-state index in [1.165, 1.54) is 4.90 Å². The summed E-state index contributed by atoms with van der Waals surface area (Å²) in [6.45, 7) is 1.54. The molecule has 110 valence electrons. The Balaban J connectivity index is 2.73. The summed E-state index contributed by atoms with van der Waals surface area (Å²) in [5, 5.41) is 12.3. The van der Waals surface area contributed by atoms with Crippen molar-refractivity contribution in [3.05, 3.63) is 29.3 Å². The molecule has 6 heteroatoms. The van der Waals surface area contributed by atoms with Crippen molar-refractivity contribution in [3.63, 3.8) is 0 Å². The van der Waals surface area contributed by atoms with Gasteiger partial charge in [0, 0.05) is 27.2 Å².